The molecule has 2 aromatic rings. The van der Waals surface area contributed by atoms with E-state index in [0.29, 0.717) is 57.2 Å². The van der Waals surface area contributed by atoms with Gasteiger partial charge >= 0.3 is 6.03 Å². The van der Waals surface area contributed by atoms with Crippen LogP contribution in [0.3, 0.4) is 0 Å². The van der Waals surface area contributed by atoms with E-state index in [-0.39, 0.29) is 36.1 Å². The van der Waals surface area contributed by atoms with Crippen LogP contribution in [0.4, 0.5) is 10.5 Å². The zero-order chi connectivity index (χ0) is 31.3. The highest BCUT2D eigenvalue weighted by Gasteiger charge is 2.37. The number of carbonyl (C=O) groups is 4. The van der Waals surface area contributed by atoms with Gasteiger partial charge in [0.15, 0.2) is 0 Å². The summed E-state index contributed by atoms with van der Waals surface area (Å²) in [6.45, 7) is 4.86. The molecule has 6 rings (SSSR count). The number of aromatic hydroxyl groups is 1. The van der Waals surface area contributed by atoms with Crippen LogP contribution in [-0.2, 0) is 16.1 Å². The quantitative estimate of drug-likeness (QED) is 0.439. The molecule has 2 aromatic carbocycles. The predicted octanol–water partition coefficient (Wildman–Crippen LogP) is 3.08. The fourth-order valence-corrected chi connectivity index (χ4v) is 7.31. The lowest BCUT2D eigenvalue weighted by molar-refractivity contribution is -0.140. The summed E-state index contributed by atoms with van der Waals surface area (Å²) in [5.41, 5.74) is 2.29. The van der Waals surface area contributed by atoms with E-state index in [1.807, 2.05) is 29.2 Å². The molecular formula is C34H44N6O5. The summed E-state index contributed by atoms with van der Waals surface area (Å²) in [5, 5.41) is 15.4. The van der Waals surface area contributed by atoms with Gasteiger partial charge in [-0.3, -0.25) is 19.3 Å². The molecule has 4 heterocycles. The van der Waals surface area contributed by atoms with Gasteiger partial charge in [0, 0.05) is 50.4 Å². The first kappa shape index (κ1) is 30.9. The summed E-state index contributed by atoms with van der Waals surface area (Å²) in [5.74, 6) is -0.841. The number of nitrogens with one attached hydrogen (secondary N) is 2. The summed E-state index contributed by atoms with van der Waals surface area (Å²) >= 11 is 0. The molecule has 1 unspecified atom stereocenters. The molecule has 3 saturated heterocycles. The Labute approximate surface area is 264 Å². The number of amides is 5. The maximum atomic E-state index is 13.9. The van der Waals surface area contributed by atoms with Gasteiger partial charge in [0.2, 0.25) is 11.8 Å². The molecule has 3 N–H and O–H groups in total. The number of phenolic OH excluding ortho intramolecular Hbond substituents is 1. The van der Waals surface area contributed by atoms with E-state index in [0.717, 1.165) is 37.2 Å². The number of fused-ring (bicyclic) bond motifs is 1. The Balaban J connectivity index is 1.10. The third-order valence-electron chi connectivity index (χ3n) is 9.88. The molecular weight excluding hydrogens is 572 g/mol. The molecule has 5 amide bonds. The van der Waals surface area contributed by atoms with Crippen LogP contribution in [0.25, 0.3) is 0 Å². The summed E-state index contributed by atoms with van der Waals surface area (Å²) in [6.07, 6.45) is 6.62. The minimum absolute atomic E-state index is 0.0386. The molecule has 4 aliphatic heterocycles. The van der Waals surface area contributed by atoms with Crippen molar-refractivity contribution in [1.82, 2.24) is 25.3 Å². The summed E-state index contributed by atoms with van der Waals surface area (Å²) in [7, 11) is 0. The van der Waals surface area contributed by atoms with Crippen molar-refractivity contribution in [2.24, 2.45) is 0 Å². The highest BCUT2D eigenvalue weighted by Crippen LogP contribution is 2.30. The number of para-hydroxylation sites is 1. The fourth-order valence-electron chi connectivity index (χ4n) is 7.31. The molecule has 0 spiro atoms. The maximum Gasteiger partial charge on any atom is 0.322 e. The lowest BCUT2D eigenvalue weighted by Crippen LogP contribution is -2.56. The zero-order valence-corrected chi connectivity index (χ0v) is 25.8. The largest absolute Gasteiger partial charge is 0.508 e. The van der Waals surface area contributed by atoms with Crippen LogP contribution < -0.4 is 15.5 Å². The minimum Gasteiger partial charge on any atom is -0.508 e. The fraction of sp³-hybridized carbons (Fsp3) is 0.529. The van der Waals surface area contributed by atoms with Crippen LogP contribution in [0.1, 0.15) is 67.3 Å². The standard InChI is InChI=1S/C34H44N6O5/c41-28-10-8-24(9-11-28)32(43)36-29(33(44)39-20-12-26(13-21-39)37-16-4-1-5-17-37)22-31(42)38-18-14-27(15-19-38)40-30-7-3-2-6-25(30)23-35-34(40)45/h2-3,6-11,26-27,29,41H,1,4-5,12-23H2,(H,35,45)(H,36,43). The van der Waals surface area contributed by atoms with Crippen molar-refractivity contribution in [3.8, 4) is 5.75 Å². The average molecular weight is 617 g/mol. The number of piperidine rings is 3. The van der Waals surface area contributed by atoms with Crippen LogP contribution in [-0.4, -0.2) is 101 Å². The molecule has 0 saturated carbocycles. The lowest BCUT2D eigenvalue weighted by atomic mass is 9.98. The van der Waals surface area contributed by atoms with Crippen molar-refractivity contribution >= 4 is 29.4 Å². The number of hydrogen-bond donors (Lipinski definition) is 3. The molecule has 240 valence electrons. The van der Waals surface area contributed by atoms with E-state index in [1.165, 1.54) is 43.5 Å². The Bertz CT molecular complexity index is 1380. The van der Waals surface area contributed by atoms with Gasteiger partial charge in [-0.15, -0.1) is 0 Å². The van der Waals surface area contributed by atoms with Gasteiger partial charge in [-0.2, -0.15) is 0 Å². The van der Waals surface area contributed by atoms with Crippen molar-refractivity contribution in [3.63, 3.8) is 0 Å². The Morgan fingerprint density at radius 3 is 2.18 bits per heavy atom. The van der Waals surface area contributed by atoms with E-state index < -0.39 is 11.9 Å². The van der Waals surface area contributed by atoms with Gasteiger partial charge in [0.1, 0.15) is 11.8 Å². The first-order valence-corrected chi connectivity index (χ1v) is 16.4. The SMILES string of the molecule is O=C(NC(CC(=O)N1CCC(N2C(=O)NCc3ccccc32)CC1)C(=O)N1CCC(N2CCCCC2)CC1)c1ccc(O)cc1. The van der Waals surface area contributed by atoms with Gasteiger partial charge in [-0.25, -0.2) is 4.79 Å². The monoisotopic (exact) mass is 616 g/mol. The van der Waals surface area contributed by atoms with E-state index in [2.05, 4.69) is 15.5 Å². The summed E-state index contributed by atoms with van der Waals surface area (Å²) in [4.78, 5) is 61.4. The Morgan fingerprint density at radius 1 is 0.822 bits per heavy atom. The van der Waals surface area contributed by atoms with Crippen LogP contribution in [0.15, 0.2) is 48.5 Å². The van der Waals surface area contributed by atoms with Crippen LogP contribution in [0.2, 0.25) is 0 Å². The Morgan fingerprint density at radius 2 is 1.47 bits per heavy atom. The number of urea groups is 1. The third-order valence-corrected chi connectivity index (χ3v) is 9.88. The minimum atomic E-state index is -0.997. The van der Waals surface area contributed by atoms with Crippen LogP contribution in [0, 0.1) is 0 Å². The second kappa shape index (κ2) is 13.9. The summed E-state index contributed by atoms with van der Waals surface area (Å²) in [6, 6.07) is 13.0. The average Bonchev–Trinajstić information content (AvgIpc) is 3.08. The van der Waals surface area contributed by atoms with Crippen LogP contribution >= 0.6 is 0 Å². The smallest absolute Gasteiger partial charge is 0.322 e. The first-order valence-electron chi connectivity index (χ1n) is 16.4. The zero-order valence-electron chi connectivity index (χ0n) is 25.8. The van der Waals surface area contributed by atoms with Gasteiger partial charge in [0.05, 0.1) is 12.1 Å². The van der Waals surface area contributed by atoms with Crippen molar-refractivity contribution in [1.29, 1.82) is 0 Å². The number of hydrogen-bond acceptors (Lipinski definition) is 6. The molecule has 11 heteroatoms. The van der Waals surface area contributed by atoms with Crippen molar-refractivity contribution in [2.75, 3.05) is 44.2 Å². The third kappa shape index (κ3) is 7.08. The van der Waals surface area contributed by atoms with E-state index in [1.54, 1.807) is 9.80 Å². The van der Waals surface area contributed by atoms with E-state index >= 15 is 0 Å². The number of phenols is 1. The van der Waals surface area contributed by atoms with Gasteiger partial charge in [-0.1, -0.05) is 24.6 Å². The highest BCUT2D eigenvalue weighted by molar-refractivity contribution is 5.99. The van der Waals surface area contributed by atoms with Crippen molar-refractivity contribution in [3.05, 3.63) is 59.7 Å². The van der Waals surface area contributed by atoms with Gasteiger partial charge in [0.25, 0.3) is 5.91 Å². The number of benzene rings is 2. The van der Waals surface area contributed by atoms with E-state index in [4.69, 9.17) is 0 Å². The van der Waals surface area contributed by atoms with Gasteiger partial charge < -0.3 is 30.4 Å². The number of rotatable bonds is 7. The number of anilines is 1. The van der Waals surface area contributed by atoms with E-state index in [9.17, 15) is 24.3 Å². The molecule has 1 atom stereocenters. The van der Waals surface area contributed by atoms with Gasteiger partial charge in [-0.05, 0) is 87.5 Å². The molecule has 11 nitrogen and oxygen atoms in total. The molecule has 45 heavy (non-hydrogen) atoms. The molecule has 0 radical (unpaired) electrons. The first-order chi connectivity index (χ1) is 21.9. The molecule has 3 fully saturated rings. The molecule has 0 bridgehead atoms. The Kier molecular flexibility index (Phi) is 9.53. The second-order valence-electron chi connectivity index (χ2n) is 12.7. The van der Waals surface area contributed by atoms with Crippen molar-refractivity contribution < 1.29 is 24.3 Å². The number of carbonyl (C=O) groups excluding carboxylic acids is 4. The maximum absolute atomic E-state index is 13.9. The molecule has 0 aliphatic carbocycles. The van der Waals surface area contributed by atoms with Crippen molar-refractivity contribution in [2.45, 2.75) is 76.0 Å². The highest BCUT2D eigenvalue weighted by atomic mass is 16.3. The number of likely N-dealkylation sites (tertiary alicyclic amines) is 3. The number of nitrogens with zero attached hydrogens (tertiary/aromatic N) is 4. The molecule has 0 aromatic heterocycles. The second-order valence-corrected chi connectivity index (χ2v) is 12.7. The summed E-state index contributed by atoms with van der Waals surface area (Å²) < 4.78 is 0. The van der Waals surface area contributed by atoms with Crippen LogP contribution in [0.5, 0.6) is 5.75 Å². The molecule has 4 aliphatic rings. The topological polar surface area (TPSA) is 126 Å². The lowest BCUT2D eigenvalue weighted by Gasteiger charge is -2.42. The predicted molar refractivity (Wildman–Crippen MR) is 170 cm³/mol. The Hall–Kier alpha value is -4.12. The normalized spacial score (nSPS) is 20.7.